The quantitative estimate of drug-likeness (QED) is 0.615. The Morgan fingerprint density at radius 2 is 1.93 bits per heavy atom. The molecule has 5 nitrogen and oxygen atoms in total. The lowest BCUT2D eigenvalue weighted by Gasteiger charge is -2.15. The van der Waals surface area contributed by atoms with E-state index >= 15 is 0 Å². The summed E-state index contributed by atoms with van der Waals surface area (Å²) in [6.45, 7) is 3.03. The summed E-state index contributed by atoms with van der Waals surface area (Å²) in [5, 5.41) is 2.60. The van der Waals surface area contributed by atoms with E-state index < -0.39 is 11.8 Å². The number of carbonyl (C=O) groups excluding carboxylic acids is 1. The van der Waals surface area contributed by atoms with Crippen LogP contribution < -0.4 is 10.1 Å². The van der Waals surface area contributed by atoms with Crippen molar-refractivity contribution in [2.75, 3.05) is 12.4 Å². The average Bonchev–Trinajstić information content (AvgIpc) is 3.10. The normalized spacial score (nSPS) is 11.3. The van der Waals surface area contributed by atoms with E-state index in [0.29, 0.717) is 17.1 Å². The monoisotopic (exact) mass is 386 g/mol. The van der Waals surface area contributed by atoms with Crippen molar-refractivity contribution in [3.8, 4) is 17.2 Å². The summed E-state index contributed by atoms with van der Waals surface area (Å²) in [5.74, 6) is -2.17. The third-order valence-electron chi connectivity index (χ3n) is 4.34. The van der Waals surface area contributed by atoms with Crippen LogP contribution >= 0.6 is 0 Å². The number of halogens is 2. The molecule has 1 aromatic heterocycles. The molecule has 0 fully saturated rings. The fraction of sp³-hybridized carbons (Fsp3) is 0.238. The van der Waals surface area contributed by atoms with Gasteiger partial charge in [0, 0.05) is 23.2 Å². The molecule has 0 radical (unpaired) electrons. The van der Waals surface area contributed by atoms with E-state index in [0.717, 1.165) is 0 Å². The zero-order chi connectivity index (χ0) is 20.3. The predicted molar refractivity (Wildman–Crippen MR) is 102 cm³/mol. The second-order valence-electron chi connectivity index (χ2n) is 6.25. The summed E-state index contributed by atoms with van der Waals surface area (Å²) in [6, 6.07) is 12.7. The molecule has 1 amide bonds. The highest BCUT2D eigenvalue weighted by molar-refractivity contribution is 6.03. The van der Waals surface area contributed by atoms with Gasteiger partial charge in [-0.15, -0.1) is 0 Å². The molecule has 146 valence electrons. The van der Waals surface area contributed by atoms with Crippen molar-refractivity contribution in [3.63, 3.8) is 0 Å². The number of nitrogens with zero attached hydrogens (tertiary/aromatic N) is 1. The summed E-state index contributed by atoms with van der Waals surface area (Å²) in [6.07, 6.45) is -0.321. The van der Waals surface area contributed by atoms with Crippen molar-refractivity contribution < 1.29 is 22.7 Å². The first kappa shape index (κ1) is 19.5. The number of aryl methyl sites for hydroxylation is 1. The number of oxazole rings is 1. The van der Waals surface area contributed by atoms with E-state index in [1.807, 2.05) is 0 Å². The third-order valence-corrected chi connectivity index (χ3v) is 4.34. The van der Waals surface area contributed by atoms with Gasteiger partial charge in [-0.1, -0.05) is 19.1 Å². The smallest absolute Gasteiger partial charge is 0.277 e. The second kappa shape index (κ2) is 7.80. The summed E-state index contributed by atoms with van der Waals surface area (Å²) >= 11 is 0. The van der Waals surface area contributed by atoms with Crippen molar-refractivity contribution in [2.24, 2.45) is 0 Å². The largest absolute Gasteiger partial charge is 0.497 e. The van der Waals surface area contributed by atoms with E-state index in [-0.39, 0.29) is 29.3 Å². The van der Waals surface area contributed by atoms with Gasteiger partial charge in [0.15, 0.2) is 5.69 Å². The molecule has 1 heterocycles. The highest BCUT2D eigenvalue weighted by Crippen LogP contribution is 2.32. The van der Waals surface area contributed by atoms with Crippen molar-refractivity contribution in [3.05, 3.63) is 65.5 Å². The molecule has 28 heavy (non-hydrogen) atoms. The number of nitrogens with one attached hydrogen (secondary N) is 1. The first-order chi connectivity index (χ1) is 13.3. The molecule has 0 aliphatic carbocycles. The van der Waals surface area contributed by atoms with Crippen LogP contribution in [0.2, 0.25) is 0 Å². The number of rotatable bonds is 6. The van der Waals surface area contributed by atoms with E-state index in [1.165, 1.54) is 25.1 Å². The van der Waals surface area contributed by atoms with Crippen LogP contribution in [0.3, 0.4) is 0 Å². The molecule has 7 heteroatoms. The maximum absolute atomic E-state index is 13.9. The topological polar surface area (TPSA) is 64.4 Å². The average molecular weight is 386 g/mol. The van der Waals surface area contributed by atoms with Crippen LogP contribution in [0.25, 0.3) is 11.5 Å². The lowest BCUT2D eigenvalue weighted by molar-refractivity contribution is -0.00824. The SMILES string of the molecule is CCC(F)(F)c1cccc(NC(=O)c2nc(-c3ccc(OC)cc3)oc2C)c1. The molecule has 1 N–H and O–H groups in total. The summed E-state index contributed by atoms with van der Waals surface area (Å²) in [4.78, 5) is 16.8. The number of ether oxygens (including phenoxy) is 1. The Balaban J connectivity index is 1.82. The standard InChI is InChI=1S/C21H20F2N2O3/c1-4-21(22,23)15-6-5-7-16(12-15)24-19(26)18-13(2)28-20(25-18)14-8-10-17(27-3)11-9-14/h5-12H,4H2,1-3H3,(H,24,26). The molecular formula is C21H20F2N2O3. The Labute approximate surface area is 161 Å². The van der Waals surface area contributed by atoms with Crippen molar-refractivity contribution in [1.29, 1.82) is 0 Å². The minimum atomic E-state index is -2.95. The molecule has 0 aliphatic heterocycles. The van der Waals surface area contributed by atoms with Crippen LogP contribution in [0.5, 0.6) is 5.75 Å². The minimum absolute atomic E-state index is 0.0958. The van der Waals surface area contributed by atoms with Crippen LogP contribution in [0.1, 0.15) is 35.2 Å². The van der Waals surface area contributed by atoms with E-state index in [4.69, 9.17) is 9.15 Å². The van der Waals surface area contributed by atoms with Gasteiger partial charge in [-0.05, 0) is 43.3 Å². The van der Waals surface area contributed by atoms with Gasteiger partial charge in [0.2, 0.25) is 5.89 Å². The van der Waals surface area contributed by atoms with Gasteiger partial charge in [0.25, 0.3) is 11.8 Å². The highest BCUT2D eigenvalue weighted by Gasteiger charge is 2.29. The van der Waals surface area contributed by atoms with Crippen molar-refractivity contribution in [2.45, 2.75) is 26.2 Å². The summed E-state index contributed by atoms with van der Waals surface area (Å²) < 4.78 is 38.5. The Kier molecular flexibility index (Phi) is 5.44. The highest BCUT2D eigenvalue weighted by atomic mass is 19.3. The third kappa shape index (κ3) is 4.03. The molecule has 0 bridgehead atoms. The molecule has 0 saturated carbocycles. The molecule has 3 aromatic rings. The molecule has 0 saturated heterocycles. The number of carbonyl (C=O) groups is 1. The lowest BCUT2D eigenvalue weighted by atomic mass is 10.1. The van der Waals surface area contributed by atoms with Crippen LogP contribution in [0.4, 0.5) is 14.5 Å². The van der Waals surface area contributed by atoms with E-state index in [1.54, 1.807) is 44.4 Å². The van der Waals surface area contributed by atoms with Gasteiger partial charge in [-0.25, -0.2) is 13.8 Å². The number of alkyl halides is 2. The maximum atomic E-state index is 13.9. The number of benzene rings is 2. The zero-order valence-electron chi connectivity index (χ0n) is 15.8. The van der Waals surface area contributed by atoms with Gasteiger partial charge in [-0.3, -0.25) is 4.79 Å². The number of methoxy groups -OCH3 is 1. The van der Waals surface area contributed by atoms with Crippen molar-refractivity contribution >= 4 is 11.6 Å². The molecule has 0 aliphatic rings. The fourth-order valence-corrected chi connectivity index (χ4v) is 2.68. The lowest BCUT2D eigenvalue weighted by Crippen LogP contribution is -2.15. The molecule has 3 rings (SSSR count). The number of hydrogen-bond donors (Lipinski definition) is 1. The van der Waals surface area contributed by atoms with Gasteiger partial charge in [0.1, 0.15) is 11.5 Å². The number of hydrogen-bond acceptors (Lipinski definition) is 4. The molecule has 0 unspecified atom stereocenters. The maximum Gasteiger partial charge on any atom is 0.277 e. The molecular weight excluding hydrogens is 366 g/mol. The van der Waals surface area contributed by atoms with E-state index in [9.17, 15) is 13.6 Å². The van der Waals surface area contributed by atoms with Crippen LogP contribution in [-0.4, -0.2) is 18.0 Å². The van der Waals surface area contributed by atoms with Crippen molar-refractivity contribution in [1.82, 2.24) is 4.98 Å². The van der Waals surface area contributed by atoms with Crippen LogP contribution in [0, 0.1) is 6.92 Å². The molecule has 2 aromatic carbocycles. The Bertz CT molecular complexity index is 982. The predicted octanol–water partition coefficient (Wildman–Crippen LogP) is 5.41. The molecule has 0 spiro atoms. The Morgan fingerprint density at radius 3 is 2.57 bits per heavy atom. The van der Waals surface area contributed by atoms with Crippen LogP contribution in [0.15, 0.2) is 52.9 Å². The van der Waals surface area contributed by atoms with E-state index in [2.05, 4.69) is 10.3 Å². The second-order valence-corrected chi connectivity index (χ2v) is 6.25. The van der Waals surface area contributed by atoms with Gasteiger partial charge >= 0.3 is 0 Å². The summed E-state index contributed by atoms with van der Waals surface area (Å²) in [7, 11) is 1.57. The first-order valence-electron chi connectivity index (χ1n) is 8.75. The Hall–Kier alpha value is -3.22. The zero-order valence-corrected chi connectivity index (χ0v) is 15.8. The minimum Gasteiger partial charge on any atom is -0.497 e. The van der Waals surface area contributed by atoms with Crippen LogP contribution in [-0.2, 0) is 5.92 Å². The fourth-order valence-electron chi connectivity index (χ4n) is 2.68. The number of anilines is 1. The van der Waals surface area contributed by atoms with Gasteiger partial charge in [-0.2, -0.15) is 0 Å². The number of amides is 1. The Morgan fingerprint density at radius 1 is 1.21 bits per heavy atom. The molecule has 0 atom stereocenters. The van der Waals surface area contributed by atoms with Gasteiger partial charge < -0.3 is 14.5 Å². The number of aromatic nitrogens is 1. The summed E-state index contributed by atoms with van der Waals surface area (Å²) in [5.41, 5.74) is 0.902. The first-order valence-corrected chi connectivity index (χ1v) is 8.75. The van der Waals surface area contributed by atoms with Gasteiger partial charge in [0.05, 0.1) is 7.11 Å².